The topological polar surface area (TPSA) is 207 Å². The van der Waals surface area contributed by atoms with Crippen LogP contribution in [0.15, 0.2) is 49.4 Å². The lowest BCUT2D eigenvalue weighted by Crippen LogP contribution is -2.57. The van der Waals surface area contributed by atoms with Gasteiger partial charge in [-0.2, -0.15) is 0 Å². The maximum absolute atomic E-state index is 13.6. The largest absolute Gasteiger partial charge is 0.394 e. The van der Waals surface area contributed by atoms with Crippen LogP contribution >= 0.6 is 0 Å². The number of hydrogen-bond acceptors (Lipinski definition) is 8. The van der Waals surface area contributed by atoms with E-state index in [0.717, 1.165) is 19.3 Å². The molecule has 0 aliphatic rings. The number of hydrogen-bond donors (Lipinski definition) is 7. The van der Waals surface area contributed by atoms with E-state index in [4.69, 9.17) is 0 Å². The number of anilines is 1. The fourth-order valence-electron chi connectivity index (χ4n) is 4.73. The van der Waals surface area contributed by atoms with Crippen molar-refractivity contribution in [2.45, 2.75) is 95.7 Å². The first-order valence-electron chi connectivity index (χ1n) is 15.6. The van der Waals surface area contributed by atoms with E-state index in [1.165, 1.54) is 50.7 Å². The molecule has 14 heteroatoms. The number of nitrogens with one attached hydrogen (secondary N) is 6. The Kier molecular flexibility index (Phi) is 15.2. The van der Waals surface area contributed by atoms with Gasteiger partial charge in [-0.05, 0) is 18.6 Å². The van der Waals surface area contributed by atoms with Crippen LogP contribution in [0.2, 0.25) is 0 Å². The minimum Gasteiger partial charge on any atom is -0.394 e. The molecular weight excluding hydrogens is 578 g/mol. The van der Waals surface area contributed by atoms with Crippen molar-refractivity contribution >= 4 is 29.4 Å². The van der Waals surface area contributed by atoms with Crippen LogP contribution in [0.3, 0.4) is 0 Å². The third-order valence-electron chi connectivity index (χ3n) is 7.23. The number of rotatable bonds is 21. The zero-order chi connectivity index (χ0) is 32.3. The van der Waals surface area contributed by atoms with Gasteiger partial charge in [0, 0.05) is 49.2 Å². The van der Waals surface area contributed by atoms with Crippen LogP contribution in [0.5, 0.6) is 0 Å². The average Bonchev–Trinajstić information content (AvgIpc) is 3.75. The molecule has 244 valence electrons. The van der Waals surface area contributed by atoms with Gasteiger partial charge in [0.25, 0.3) is 5.91 Å². The monoisotopic (exact) mass is 623 g/mol. The molecular formula is C31H45N9O5. The van der Waals surface area contributed by atoms with Crippen molar-refractivity contribution < 1.29 is 24.3 Å². The smallest absolute Gasteiger partial charge is 0.250 e. The Balaban J connectivity index is 1.63. The SMILES string of the molecule is CCCCCCCCCCC(=O)N[C@@H](Cc1cnc[nH]1)C(=O)N[C@@H](Cc1cnc[nH]1)C(=O)N[C@@H](CO)C(=O)Nc1ccccn1. The number of carbonyl (C=O) groups is 4. The Morgan fingerprint density at radius 1 is 0.756 bits per heavy atom. The fraction of sp³-hybridized carbons (Fsp3) is 0.516. The summed E-state index contributed by atoms with van der Waals surface area (Å²) in [4.78, 5) is 70.4. The first-order valence-corrected chi connectivity index (χ1v) is 15.6. The van der Waals surface area contributed by atoms with Crippen molar-refractivity contribution in [3.8, 4) is 0 Å². The molecule has 0 fully saturated rings. The zero-order valence-corrected chi connectivity index (χ0v) is 25.8. The Hall–Kier alpha value is -4.59. The number of aliphatic hydroxyl groups is 1. The first-order chi connectivity index (χ1) is 21.9. The maximum atomic E-state index is 13.6. The molecule has 0 saturated carbocycles. The van der Waals surface area contributed by atoms with Gasteiger partial charge in [-0.3, -0.25) is 19.2 Å². The van der Waals surface area contributed by atoms with E-state index in [2.05, 4.69) is 53.1 Å². The molecule has 3 aromatic heterocycles. The molecule has 0 aliphatic heterocycles. The van der Waals surface area contributed by atoms with Crippen LogP contribution in [0.25, 0.3) is 0 Å². The van der Waals surface area contributed by atoms with Crippen LogP contribution in [0.4, 0.5) is 5.82 Å². The normalized spacial score (nSPS) is 12.9. The second-order valence-electron chi connectivity index (χ2n) is 10.9. The molecule has 0 bridgehead atoms. The second-order valence-corrected chi connectivity index (χ2v) is 10.9. The lowest BCUT2D eigenvalue weighted by Gasteiger charge is -2.24. The van der Waals surface area contributed by atoms with Gasteiger partial charge in [-0.15, -0.1) is 0 Å². The Morgan fingerprint density at radius 2 is 1.33 bits per heavy atom. The summed E-state index contributed by atoms with van der Waals surface area (Å²) in [7, 11) is 0. The van der Waals surface area contributed by atoms with Gasteiger partial charge in [-0.1, -0.05) is 57.9 Å². The van der Waals surface area contributed by atoms with Gasteiger partial charge in [0.05, 0.1) is 19.3 Å². The molecule has 0 spiro atoms. The van der Waals surface area contributed by atoms with E-state index < -0.39 is 42.5 Å². The molecule has 0 aromatic carbocycles. The van der Waals surface area contributed by atoms with E-state index in [0.29, 0.717) is 17.8 Å². The average molecular weight is 624 g/mol. The summed E-state index contributed by atoms with van der Waals surface area (Å²) in [6, 6.07) is 1.46. The molecule has 0 aliphatic carbocycles. The van der Waals surface area contributed by atoms with Crippen LogP contribution in [-0.4, -0.2) is 78.4 Å². The molecule has 3 rings (SSSR count). The minimum atomic E-state index is -1.31. The van der Waals surface area contributed by atoms with Crippen LogP contribution in [0.1, 0.15) is 76.1 Å². The van der Waals surface area contributed by atoms with Gasteiger partial charge in [0.2, 0.25) is 17.7 Å². The van der Waals surface area contributed by atoms with Crippen molar-refractivity contribution in [2.24, 2.45) is 0 Å². The van der Waals surface area contributed by atoms with Gasteiger partial charge in [0.1, 0.15) is 23.9 Å². The van der Waals surface area contributed by atoms with Crippen LogP contribution in [0, 0.1) is 0 Å². The third kappa shape index (κ3) is 12.9. The van der Waals surface area contributed by atoms with Crippen LogP contribution < -0.4 is 21.3 Å². The molecule has 3 heterocycles. The number of aromatic nitrogens is 5. The number of unbranched alkanes of at least 4 members (excludes halogenated alkanes) is 7. The molecule has 45 heavy (non-hydrogen) atoms. The van der Waals surface area contributed by atoms with Gasteiger partial charge >= 0.3 is 0 Å². The summed E-state index contributed by atoms with van der Waals surface area (Å²) in [5.74, 6) is -1.99. The van der Waals surface area contributed by atoms with Crippen molar-refractivity contribution in [1.29, 1.82) is 0 Å². The number of carbonyl (C=O) groups excluding carboxylic acids is 4. The molecule has 0 unspecified atom stereocenters. The van der Waals surface area contributed by atoms with Crippen LogP contribution in [-0.2, 0) is 32.0 Å². The number of aromatic amines is 2. The molecule has 0 radical (unpaired) electrons. The van der Waals surface area contributed by atoms with E-state index >= 15 is 0 Å². The van der Waals surface area contributed by atoms with E-state index in [1.54, 1.807) is 24.4 Å². The fourth-order valence-corrected chi connectivity index (χ4v) is 4.73. The summed E-state index contributed by atoms with van der Waals surface area (Å²) in [5, 5.41) is 20.4. The third-order valence-corrected chi connectivity index (χ3v) is 7.23. The van der Waals surface area contributed by atoms with E-state index in [1.807, 2.05) is 0 Å². The highest BCUT2D eigenvalue weighted by atomic mass is 16.3. The summed E-state index contributed by atoms with van der Waals surface area (Å²) in [6.07, 6.45) is 16.6. The van der Waals surface area contributed by atoms with Crippen molar-refractivity contribution in [3.05, 3.63) is 60.8 Å². The number of aliphatic hydroxyl groups excluding tert-OH is 1. The first kappa shape index (κ1) is 34.9. The summed E-state index contributed by atoms with van der Waals surface area (Å²) in [5.41, 5.74) is 1.18. The number of imidazole rings is 2. The van der Waals surface area contributed by atoms with Gasteiger partial charge in [0.15, 0.2) is 0 Å². The Labute approximate surface area is 263 Å². The highest BCUT2D eigenvalue weighted by molar-refractivity contribution is 5.98. The molecule has 14 nitrogen and oxygen atoms in total. The molecule has 3 aromatic rings. The standard InChI is InChI=1S/C31H45N9O5/c1-2-3-4-5-6-7-8-9-13-28(42)37-24(15-22-17-32-20-35-22)29(43)38-25(16-23-18-33-21-36-23)30(44)39-26(19-41)31(45)40-27-12-10-11-14-34-27/h10-12,14,17-18,20-21,24-26,41H,2-9,13,15-16,19H2,1H3,(H,32,35)(H,33,36)(H,37,42)(H,38,43)(H,39,44)(H,34,40,45)/t24-,25-,26-/m0/s1. The number of amides is 4. The zero-order valence-electron chi connectivity index (χ0n) is 25.8. The quantitative estimate of drug-likeness (QED) is 0.0871. The minimum absolute atomic E-state index is 0.0144. The molecule has 7 N–H and O–H groups in total. The van der Waals surface area contributed by atoms with Crippen molar-refractivity contribution in [2.75, 3.05) is 11.9 Å². The lowest BCUT2D eigenvalue weighted by atomic mass is 10.1. The summed E-state index contributed by atoms with van der Waals surface area (Å²) >= 11 is 0. The van der Waals surface area contributed by atoms with E-state index in [9.17, 15) is 24.3 Å². The van der Waals surface area contributed by atoms with E-state index in [-0.39, 0.29) is 31.0 Å². The number of H-pyrrole nitrogens is 2. The lowest BCUT2D eigenvalue weighted by molar-refractivity contribution is -0.133. The highest BCUT2D eigenvalue weighted by Crippen LogP contribution is 2.10. The number of nitrogens with zero attached hydrogens (tertiary/aromatic N) is 3. The number of pyridine rings is 1. The molecule has 3 atom stereocenters. The molecule has 0 saturated heterocycles. The van der Waals surface area contributed by atoms with Gasteiger partial charge < -0.3 is 36.3 Å². The summed E-state index contributed by atoms with van der Waals surface area (Å²) < 4.78 is 0. The Bertz CT molecular complexity index is 1290. The predicted molar refractivity (Wildman–Crippen MR) is 168 cm³/mol. The Morgan fingerprint density at radius 3 is 1.87 bits per heavy atom. The predicted octanol–water partition coefficient (Wildman–Crippen LogP) is 1.93. The molecule has 4 amide bonds. The summed E-state index contributed by atoms with van der Waals surface area (Å²) in [6.45, 7) is 1.50. The maximum Gasteiger partial charge on any atom is 0.250 e. The highest BCUT2D eigenvalue weighted by Gasteiger charge is 2.30. The van der Waals surface area contributed by atoms with Crippen molar-refractivity contribution in [1.82, 2.24) is 40.9 Å². The van der Waals surface area contributed by atoms with Crippen molar-refractivity contribution in [3.63, 3.8) is 0 Å². The van der Waals surface area contributed by atoms with Gasteiger partial charge in [-0.25, -0.2) is 15.0 Å². The second kappa shape index (κ2) is 19.6.